The molecule has 0 saturated heterocycles. The molecule has 0 saturated carbocycles. The highest BCUT2D eigenvalue weighted by atomic mass is 16.5. The standard InChI is InChI=1S/C12H15NO2/c1-3-9(4-2)15-12-10(11-8-14-11)6-5-7-13-12/h5-9H,3-4H2,1-2H3. The summed E-state index contributed by atoms with van der Waals surface area (Å²) >= 11 is 0. The lowest BCUT2D eigenvalue weighted by Gasteiger charge is -2.15. The Kier molecular flexibility index (Phi) is 2.90. The minimum absolute atomic E-state index is 0.234. The van der Waals surface area contributed by atoms with Crippen LogP contribution in [0.15, 0.2) is 24.6 Å². The van der Waals surface area contributed by atoms with Crippen LogP contribution in [-0.2, 0) is 4.74 Å². The van der Waals surface area contributed by atoms with Crippen molar-refractivity contribution in [3.63, 3.8) is 0 Å². The summed E-state index contributed by atoms with van der Waals surface area (Å²) in [5.41, 5.74) is 0.949. The van der Waals surface area contributed by atoms with E-state index in [1.54, 1.807) is 12.5 Å². The van der Waals surface area contributed by atoms with E-state index in [-0.39, 0.29) is 6.10 Å². The Labute approximate surface area is 89.7 Å². The monoisotopic (exact) mass is 205 g/mol. The third-order valence-electron chi connectivity index (χ3n) is 2.46. The summed E-state index contributed by atoms with van der Waals surface area (Å²) in [6.07, 6.45) is 5.66. The summed E-state index contributed by atoms with van der Waals surface area (Å²) in [7, 11) is 0. The Hall–Kier alpha value is -1.51. The van der Waals surface area contributed by atoms with Gasteiger partial charge in [0.1, 0.15) is 6.26 Å². The molecular formula is C12H15NO2. The average molecular weight is 205 g/mol. The van der Waals surface area contributed by atoms with Crippen LogP contribution in [0.3, 0.4) is 0 Å². The molecule has 0 unspecified atom stereocenters. The molecule has 3 nitrogen and oxygen atoms in total. The minimum atomic E-state index is 0.234. The Bertz CT molecular complexity index is 370. The van der Waals surface area contributed by atoms with E-state index in [2.05, 4.69) is 18.8 Å². The zero-order valence-corrected chi connectivity index (χ0v) is 9.06. The lowest BCUT2D eigenvalue weighted by Crippen LogP contribution is -2.15. The molecule has 15 heavy (non-hydrogen) atoms. The van der Waals surface area contributed by atoms with Crippen LogP contribution >= 0.6 is 0 Å². The molecule has 1 aromatic rings. The van der Waals surface area contributed by atoms with Crippen molar-refractivity contribution in [1.29, 1.82) is 0 Å². The fraction of sp³-hybridized carbons (Fsp3) is 0.417. The first kappa shape index (κ1) is 10.0. The predicted molar refractivity (Wildman–Crippen MR) is 58.3 cm³/mol. The van der Waals surface area contributed by atoms with Gasteiger partial charge in [0.25, 0.3) is 0 Å². The molecule has 3 heteroatoms. The zero-order valence-electron chi connectivity index (χ0n) is 9.06. The molecule has 0 bridgehead atoms. The SMILES string of the molecule is CCC(CC)Oc1ncccc1C1=CO1. The number of aromatic nitrogens is 1. The largest absolute Gasteiger partial charge is 0.474 e. The van der Waals surface area contributed by atoms with E-state index in [0.29, 0.717) is 5.88 Å². The maximum absolute atomic E-state index is 5.81. The van der Waals surface area contributed by atoms with Crippen molar-refractivity contribution in [3.05, 3.63) is 30.2 Å². The fourth-order valence-corrected chi connectivity index (χ4v) is 1.44. The van der Waals surface area contributed by atoms with Gasteiger partial charge in [0.2, 0.25) is 5.88 Å². The van der Waals surface area contributed by atoms with Crippen LogP contribution in [0.4, 0.5) is 0 Å². The van der Waals surface area contributed by atoms with E-state index >= 15 is 0 Å². The highest BCUT2D eigenvalue weighted by Crippen LogP contribution is 2.33. The van der Waals surface area contributed by atoms with Gasteiger partial charge in [-0.1, -0.05) is 13.8 Å². The van der Waals surface area contributed by atoms with Gasteiger partial charge < -0.3 is 9.47 Å². The number of pyridine rings is 1. The second-order valence-corrected chi connectivity index (χ2v) is 3.51. The Morgan fingerprint density at radius 3 is 2.73 bits per heavy atom. The van der Waals surface area contributed by atoms with Crippen LogP contribution in [-0.4, -0.2) is 11.1 Å². The maximum atomic E-state index is 5.81. The lowest BCUT2D eigenvalue weighted by molar-refractivity contribution is 0.184. The topological polar surface area (TPSA) is 34.6 Å². The van der Waals surface area contributed by atoms with E-state index in [0.717, 1.165) is 24.2 Å². The number of hydrogen-bond acceptors (Lipinski definition) is 3. The van der Waals surface area contributed by atoms with Gasteiger partial charge in [0.05, 0.1) is 11.7 Å². The summed E-state index contributed by atoms with van der Waals surface area (Å²) in [5, 5.41) is 0. The van der Waals surface area contributed by atoms with Gasteiger partial charge in [-0.2, -0.15) is 0 Å². The summed E-state index contributed by atoms with van der Waals surface area (Å²) in [6.45, 7) is 4.23. The van der Waals surface area contributed by atoms with E-state index in [1.807, 2.05) is 12.1 Å². The second-order valence-electron chi connectivity index (χ2n) is 3.51. The van der Waals surface area contributed by atoms with Gasteiger partial charge in [-0.25, -0.2) is 4.98 Å². The molecule has 1 aliphatic rings. The minimum Gasteiger partial charge on any atom is -0.474 e. The second kappa shape index (κ2) is 4.34. The summed E-state index contributed by atoms with van der Waals surface area (Å²) < 4.78 is 10.9. The van der Waals surface area contributed by atoms with Crippen LogP contribution in [0.25, 0.3) is 5.76 Å². The summed E-state index contributed by atoms with van der Waals surface area (Å²) in [6, 6.07) is 3.85. The first-order valence-corrected chi connectivity index (χ1v) is 5.34. The molecule has 1 aromatic heterocycles. The molecule has 0 fully saturated rings. The first-order valence-electron chi connectivity index (χ1n) is 5.34. The van der Waals surface area contributed by atoms with Gasteiger partial charge in [-0.05, 0) is 25.0 Å². The number of ether oxygens (including phenoxy) is 2. The molecule has 0 aliphatic carbocycles. The van der Waals surface area contributed by atoms with Gasteiger partial charge in [0, 0.05) is 6.20 Å². The summed E-state index contributed by atoms with van der Waals surface area (Å²) in [4.78, 5) is 4.23. The average Bonchev–Trinajstić information content (AvgIpc) is 3.10. The van der Waals surface area contributed by atoms with E-state index in [4.69, 9.17) is 9.47 Å². The first-order chi connectivity index (χ1) is 7.35. The van der Waals surface area contributed by atoms with Crippen molar-refractivity contribution >= 4 is 5.76 Å². The third kappa shape index (κ3) is 2.29. The lowest BCUT2D eigenvalue weighted by atomic mass is 10.2. The third-order valence-corrected chi connectivity index (χ3v) is 2.46. The van der Waals surface area contributed by atoms with Crippen molar-refractivity contribution in [2.75, 3.05) is 0 Å². The van der Waals surface area contributed by atoms with Gasteiger partial charge in [-0.3, -0.25) is 0 Å². The fourth-order valence-electron chi connectivity index (χ4n) is 1.44. The molecule has 0 radical (unpaired) electrons. The maximum Gasteiger partial charge on any atom is 0.224 e. The highest BCUT2D eigenvalue weighted by molar-refractivity contribution is 5.70. The Morgan fingerprint density at radius 1 is 1.40 bits per heavy atom. The normalized spacial score (nSPS) is 13.4. The quantitative estimate of drug-likeness (QED) is 0.741. The van der Waals surface area contributed by atoms with Gasteiger partial charge in [-0.15, -0.1) is 0 Å². The molecule has 2 rings (SSSR count). The Morgan fingerprint density at radius 2 is 2.13 bits per heavy atom. The van der Waals surface area contributed by atoms with Crippen LogP contribution in [0, 0.1) is 0 Å². The molecule has 0 spiro atoms. The molecule has 2 heterocycles. The number of rotatable bonds is 5. The smallest absolute Gasteiger partial charge is 0.224 e. The van der Waals surface area contributed by atoms with Crippen molar-refractivity contribution in [2.45, 2.75) is 32.8 Å². The molecule has 0 amide bonds. The van der Waals surface area contributed by atoms with E-state index in [1.165, 1.54) is 0 Å². The molecule has 80 valence electrons. The molecule has 0 atom stereocenters. The van der Waals surface area contributed by atoms with Crippen molar-refractivity contribution in [3.8, 4) is 5.88 Å². The zero-order chi connectivity index (χ0) is 10.7. The van der Waals surface area contributed by atoms with Crippen molar-refractivity contribution < 1.29 is 9.47 Å². The predicted octanol–water partition coefficient (Wildman–Crippen LogP) is 2.98. The number of nitrogens with zero attached hydrogens (tertiary/aromatic N) is 1. The highest BCUT2D eigenvalue weighted by Gasteiger charge is 2.20. The van der Waals surface area contributed by atoms with Crippen LogP contribution in [0.2, 0.25) is 0 Å². The molecule has 0 aromatic carbocycles. The van der Waals surface area contributed by atoms with Crippen LogP contribution in [0.5, 0.6) is 5.88 Å². The Balaban J connectivity index is 2.16. The van der Waals surface area contributed by atoms with E-state index in [9.17, 15) is 0 Å². The van der Waals surface area contributed by atoms with Crippen LogP contribution < -0.4 is 4.74 Å². The van der Waals surface area contributed by atoms with E-state index < -0.39 is 0 Å². The molecular weight excluding hydrogens is 190 g/mol. The van der Waals surface area contributed by atoms with Crippen LogP contribution in [0.1, 0.15) is 32.3 Å². The number of hydrogen-bond donors (Lipinski definition) is 0. The summed E-state index contributed by atoms with van der Waals surface area (Å²) in [5.74, 6) is 1.54. The molecule has 1 aliphatic heterocycles. The van der Waals surface area contributed by atoms with Gasteiger partial charge in [0.15, 0.2) is 5.76 Å². The van der Waals surface area contributed by atoms with Gasteiger partial charge >= 0.3 is 0 Å². The van der Waals surface area contributed by atoms with Crippen molar-refractivity contribution in [1.82, 2.24) is 4.98 Å². The molecule has 0 N–H and O–H groups in total. The van der Waals surface area contributed by atoms with Crippen molar-refractivity contribution in [2.24, 2.45) is 0 Å².